The largest absolute Gasteiger partial charge is 0.508 e. The average molecular weight is 751 g/mol. The van der Waals surface area contributed by atoms with Crippen LogP contribution in [0.1, 0.15) is 42.4 Å². The van der Waals surface area contributed by atoms with Gasteiger partial charge in [0, 0.05) is 11.5 Å². The first-order valence-corrected chi connectivity index (χ1v) is 16.2. The van der Waals surface area contributed by atoms with E-state index in [2.05, 4.69) is 0 Å². The molecule has 272 valence electrons. The predicted octanol–water partition coefficient (Wildman–Crippen LogP) is 7.67. The number of aromatic hydroxyl groups is 1. The zero-order valence-electron chi connectivity index (χ0n) is 27.0. The van der Waals surface area contributed by atoms with Crippen LogP contribution in [-0.2, 0) is 31.5 Å². The minimum atomic E-state index is -5.25. The van der Waals surface area contributed by atoms with Crippen LogP contribution >= 0.6 is 11.6 Å². The van der Waals surface area contributed by atoms with E-state index >= 15 is 0 Å². The Labute approximate surface area is 295 Å². The first kappa shape index (κ1) is 35.5. The summed E-state index contributed by atoms with van der Waals surface area (Å²) in [5.41, 5.74) is -5.67. The van der Waals surface area contributed by atoms with Gasteiger partial charge in [-0.3, -0.25) is 19.2 Å². The van der Waals surface area contributed by atoms with Crippen LogP contribution in [0.2, 0.25) is 5.02 Å². The van der Waals surface area contributed by atoms with Gasteiger partial charge in [-0.25, -0.2) is 14.2 Å². The molecule has 8 nitrogen and oxygen atoms in total. The van der Waals surface area contributed by atoms with Gasteiger partial charge in [-0.2, -0.15) is 26.3 Å². The predicted molar refractivity (Wildman–Crippen MR) is 170 cm³/mol. The summed E-state index contributed by atoms with van der Waals surface area (Å²) in [5, 5.41) is 10.9. The van der Waals surface area contributed by atoms with Gasteiger partial charge in [0.05, 0.1) is 57.8 Å². The van der Waals surface area contributed by atoms with Gasteiger partial charge < -0.3 is 9.84 Å². The van der Waals surface area contributed by atoms with Gasteiger partial charge in [0.15, 0.2) is 0 Å². The number of allylic oxidation sites excluding steroid dienone is 2. The monoisotopic (exact) mass is 750 g/mol. The SMILES string of the molecule is COc1cccc(O)c1C1C2=CCC3C(=O)N(c4cc(C(F)(F)F)cc(C(F)(F)F)c4)C(=O)C3C2CC2C(=O)N(c3ccc(F)c(Cl)c3)C(=O)C21C. The summed E-state index contributed by atoms with van der Waals surface area (Å²) in [6.45, 7) is 1.50. The lowest BCUT2D eigenvalue weighted by molar-refractivity contribution is -0.143. The number of amides is 4. The molecule has 3 fully saturated rings. The number of anilines is 2. The third kappa shape index (κ3) is 5.10. The Morgan fingerprint density at radius 2 is 1.50 bits per heavy atom. The number of rotatable bonds is 4. The summed E-state index contributed by atoms with van der Waals surface area (Å²) in [5.74, 6) is -10.8. The lowest BCUT2D eigenvalue weighted by Crippen LogP contribution is -2.49. The molecule has 1 N–H and O–H groups in total. The molecule has 0 spiro atoms. The van der Waals surface area contributed by atoms with Crippen molar-refractivity contribution in [2.24, 2.45) is 29.1 Å². The van der Waals surface area contributed by atoms with Crippen molar-refractivity contribution in [3.63, 3.8) is 0 Å². The average Bonchev–Trinajstić information content (AvgIpc) is 3.44. The molecule has 16 heteroatoms. The van der Waals surface area contributed by atoms with Gasteiger partial charge in [-0.15, -0.1) is 0 Å². The third-order valence-electron chi connectivity index (χ3n) is 10.8. The second-order valence-electron chi connectivity index (χ2n) is 13.4. The van der Waals surface area contributed by atoms with Crippen LogP contribution < -0.4 is 14.5 Å². The van der Waals surface area contributed by atoms with Crippen molar-refractivity contribution >= 4 is 46.6 Å². The number of imide groups is 2. The Morgan fingerprint density at radius 3 is 2.10 bits per heavy atom. The molecule has 3 aromatic carbocycles. The number of phenolic OH excluding ortho intramolecular Hbond substituents is 1. The second kappa shape index (κ2) is 11.8. The number of phenols is 1. The first-order chi connectivity index (χ1) is 24.3. The molecule has 6 atom stereocenters. The maximum Gasteiger partial charge on any atom is 0.416 e. The molecule has 6 unspecified atom stereocenters. The molecule has 4 aliphatic rings. The third-order valence-corrected chi connectivity index (χ3v) is 11.1. The fourth-order valence-corrected chi connectivity index (χ4v) is 8.69. The minimum absolute atomic E-state index is 0.0573. The van der Waals surface area contributed by atoms with Crippen LogP contribution in [0.25, 0.3) is 0 Å². The highest BCUT2D eigenvalue weighted by atomic mass is 35.5. The highest BCUT2D eigenvalue weighted by molar-refractivity contribution is 6.32. The number of hydrogen-bond donors (Lipinski definition) is 1. The molecule has 2 heterocycles. The van der Waals surface area contributed by atoms with E-state index in [1.54, 1.807) is 6.08 Å². The number of alkyl halides is 6. The molecule has 4 amide bonds. The number of hydrogen-bond acceptors (Lipinski definition) is 6. The summed E-state index contributed by atoms with van der Waals surface area (Å²) in [6, 6.07) is 8.01. The maximum absolute atomic E-state index is 14.6. The van der Waals surface area contributed by atoms with Gasteiger partial charge in [0.1, 0.15) is 17.3 Å². The Hall–Kier alpha value is -4.92. The van der Waals surface area contributed by atoms with Crippen molar-refractivity contribution in [2.75, 3.05) is 16.9 Å². The molecule has 2 aliphatic heterocycles. The number of carbonyl (C=O) groups excluding carboxylic acids is 4. The fraction of sp³-hybridized carbons (Fsp3) is 0.333. The molecule has 7 rings (SSSR count). The number of nitrogens with zero attached hydrogens (tertiary/aromatic N) is 2. The number of ether oxygens (including phenoxy) is 1. The van der Waals surface area contributed by atoms with Crippen molar-refractivity contribution in [3.8, 4) is 11.5 Å². The van der Waals surface area contributed by atoms with Crippen LogP contribution in [0.3, 0.4) is 0 Å². The molecule has 2 aliphatic carbocycles. The van der Waals surface area contributed by atoms with Gasteiger partial charge in [0.2, 0.25) is 23.6 Å². The van der Waals surface area contributed by atoms with Crippen molar-refractivity contribution < 1.29 is 59.8 Å². The Kier molecular flexibility index (Phi) is 8.05. The molecule has 0 bridgehead atoms. The van der Waals surface area contributed by atoms with Crippen LogP contribution in [0.4, 0.5) is 42.1 Å². The van der Waals surface area contributed by atoms with Crippen molar-refractivity contribution in [2.45, 2.75) is 38.0 Å². The van der Waals surface area contributed by atoms with E-state index in [1.165, 1.54) is 38.3 Å². The molecule has 0 aromatic heterocycles. The Morgan fingerprint density at radius 1 is 0.846 bits per heavy atom. The van der Waals surface area contributed by atoms with Gasteiger partial charge in [-0.05, 0) is 74.2 Å². The molecule has 3 aromatic rings. The van der Waals surface area contributed by atoms with E-state index in [1.807, 2.05) is 0 Å². The minimum Gasteiger partial charge on any atom is -0.508 e. The normalized spacial score (nSPS) is 27.4. The second-order valence-corrected chi connectivity index (χ2v) is 13.8. The van der Waals surface area contributed by atoms with Crippen LogP contribution in [-0.4, -0.2) is 35.8 Å². The summed E-state index contributed by atoms with van der Waals surface area (Å²) in [6.07, 6.45) is -9.38. The van der Waals surface area contributed by atoms with Gasteiger partial charge >= 0.3 is 12.4 Å². The molecule has 2 saturated heterocycles. The number of benzene rings is 3. The highest BCUT2D eigenvalue weighted by Gasteiger charge is 2.68. The van der Waals surface area contributed by atoms with E-state index in [-0.39, 0.29) is 46.7 Å². The van der Waals surface area contributed by atoms with Crippen LogP contribution in [0.15, 0.2) is 66.2 Å². The van der Waals surface area contributed by atoms with E-state index in [4.69, 9.17) is 16.3 Å². The smallest absolute Gasteiger partial charge is 0.416 e. The Bertz CT molecular complexity index is 2080. The van der Waals surface area contributed by atoms with Crippen LogP contribution in [0, 0.1) is 34.9 Å². The quantitative estimate of drug-likeness (QED) is 0.167. The zero-order valence-corrected chi connectivity index (χ0v) is 27.7. The molecule has 1 saturated carbocycles. The first-order valence-electron chi connectivity index (χ1n) is 15.9. The lowest BCUT2D eigenvalue weighted by atomic mass is 9.51. The van der Waals surface area contributed by atoms with E-state index in [0.29, 0.717) is 22.6 Å². The molecular weight excluding hydrogens is 725 g/mol. The van der Waals surface area contributed by atoms with Crippen molar-refractivity contribution in [1.82, 2.24) is 0 Å². The topological polar surface area (TPSA) is 104 Å². The summed E-state index contributed by atoms with van der Waals surface area (Å²) >= 11 is 6.00. The number of halogens is 8. The number of carbonyl (C=O) groups is 4. The van der Waals surface area contributed by atoms with Gasteiger partial charge in [-0.1, -0.05) is 29.3 Å². The molecular formula is C36H26ClF7N2O6. The standard InChI is InChI=1S/C36H26ClF7N2O6/c1-34-22(31(49)46(33(34)51)17-6-9-24(38)23(37)13-17)14-21-19(29(34)28-25(47)4-3-5-26(28)52-2)7-8-20-27(21)32(50)45(30(20)48)18-11-15(35(39,40)41)10-16(12-18)36(42,43)44/h3-7,9-13,20-22,27,29,47H,8,14H2,1-2H3. The van der Waals surface area contributed by atoms with Crippen LogP contribution in [0.5, 0.6) is 11.5 Å². The number of methoxy groups -OCH3 is 1. The van der Waals surface area contributed by atoms with Gasteiger partial charge in [0.25, 0.3) is 0 Å². The lowest BCUT2D eigenvalue weighted by Gasteiger charge is -2.49. The summed E-state index contributed by atoms with van der Waals surface area (Å²) in [7, 11) is 1.30. The molecule has 52 heavy (non-hydrogen) atoms. The maximum atomic E-state index is 14.6. The zero-order chi connectivity index (χ0) is 37.8. The van der Waals surface area contributed by atoms with Crippen molar-refractivity contribution in [3.05, 3.63) is 93.8 Å². The van der Waals surface area contributed by atoms with Crippen molar-refractivity contribution in [1.29, 1.82) is 0 Å². The summed E-state index contributed by atoms with van der Waals surface area (Å²) < 4.78 is 102. The van der Waals surface area contributed by atoms with E-state index in [0.717, 1.165) is 17.0 Å². The molecule has 0 radical (unpaired) electrons. The number of fused-ring (bicyclic) bond motifs is 4. The Balaban J connectivity index is 1.38. The van der Waals surface area contributed by atoms with E-state index < -0.39 is 93.6 Å². The summed E-state index contributed by atoms with van der Waals surface area (Å²) in [4.78, 5) is 58.1. The fourth-order valence-electron chi connectivity index (χ4n) is 8.52. The highest BCUT2D eigenvalue weighted by Crippen LogP contribution is 2.65. The van der Waals surface area contributed by atoms with E-state index in [9.17, 15) is 55.0 Å².